The van der Waals surface area contributed by atoms with Crippen LogP contribution in [0.3, 0.4) is 0 Å². The van der Waals surface area contributed by atoms with Crippen molar-refractivity contribution in [3.8, 4) is 0 Å². The second-order valence-corrected chi connectivity index (χ2v) is 4.86. The van der Waals surface area contributed by atoms with E-state index in [1.807, 2.05) is 4.90 Å². The molecule has 0 bridgehead atoms. The molecule has 2 unspecified atom stereocenters. The first-order valence-electron chi connectivity index (χ1n) is 5.93. The SMILES string of the molecule is O=C(c1ccoc1Cl)N1CCOC2CCCC21. The molecule has 17 heavy (non-hydrogen) atoms. The van der Waals surface area contributed by atoms with Crippen LogP contribution >= 0.6 is 11.6 Å². The van der Waals surface area contributed by atoms with Crippen LogP contribution < -0.4 is 0 Å². The quantitative estimate of drug-likeness (QED) is 0.774. The van der Waals surface area contributed by atoms with Crippen molar-refractivity contribution in [1.82, 2.24) is 4.90 Å². The number of fused-ring (bicyclic) bond motifs is 1. The van der Waals surface area contributed by atoms with Crippen molar-refractivity contribution in [2.75, 3.05) is 13.2 Å². The highest BCUT2D eigenvalue weighted by Gasteiger charge is 2.39. The molecule has 1 saturated carbocycles. The molecule has 2 aliphatic rings. The average molecular weight is 256 g/mol. The van der Waals surface area contributed by atoms with E-state index < -0.39 is 0 Å². The van der Waals surface area contributed by atoms with Crippen molar-refractivity contribution in [3.63, 3.8) is 0 Å². The van der Waals surface area contributed by atoms with Gasteiger partial charge < -0.3 is 14.1 Å². The third kappa shape index (κ3) is 1.85. The Morgan fingerprint density at radius 2 is 2.35 bits per heavy atom. The van der Waals surface area contributed by atoms with Gasteiger partial charge in [0.05, 0.1) is 30.6 Å². The minimum atomic E-state index is -0.0380. The summed E-state index contributed by atoms with van der Waals surface area (Å²) in [6.45, 7) is 1.25. The van der Waals surface area contributed by atoms with Gasteiger partial charge in [0.1, 0.15) is 0 Å². The van der Waals surface area contributed by atoms with Crippen molar-refractivity contribution in [2.24, 2.45) is 0 Å². The highest BCUT2D eigenvalue weighted by atomic mass is 35.5. The van der Waals surface area contributed by atoms with Crippen LogP contribution in [0, 0.1) is 0 Å². The van der Waals surface area contributed by atoms with Crippen LogP contribution in [-0.4, -0.2) is 36.1 Å². The third-order valence-corrected chi connectivity index (χ3v) is 3.88. The molecule has 1 amide bonds. The lowest BCUT2D eigenvalue weighted by Crippen LogP contribution is -2.51. The second kappa shape index (κ2) is 4.35. The molecular formula is C12H14ClNO3. The van der Waals surface area contributed by atoms with E-state index in [2.05, 4.69) is 0 Å². The molecule has 1 aliphatic carbocycles. The van der Waals surface area contributed by atoms with Gasteiger partial charge in [0.15, 0.2) is 0 Å². The number of carbonyl (C=O) groups excluding carboxylic acids is 1. The van der Waals surface area contributed by atoms with Crippen LogP contribution in [0.5, 0.6) is 0 Å². The maximum atomic E-state index is 12.4. The minimum absolute atomic E-state index is 0.0380. The van der Waals surface area contributed by atoms with E-state index >= 15 is 0 Å². The van der Waals surface area contributed by atoms with Gasteiger partial charge in [-0.15, -0.1) is 0 Å². The van der Waals surface area contributed by atoms with Crippen molar-refractivity contribution in [1.29, 1.82) is 0 Å². The van der Waals surface area contributed by atoms with E-state index in [0.29, 0.717) is 18.7 Å². The summed E-state index contributed by atoms with van der Waals surface area (Å²) in [7, 11) is 0. The Labute approximate surface area is 104 Å². The molecule has 92 valence electrons. The summed E-state index contributed by atoms with van der Waals surface area (Å²) >= 11 is 5.85. The highest BCUT2D eigenvalue weighted by Crippen LogP contribution is 2.31. The highest BCUT2D eigenvalue weighted by molar-refractivity contribution is 6.32. The van der Waals surface area contributed by atoms with E-state index in [0.717, 1.165) is 19.3 Å². The summed E-state index contributed by atoms with van der Waals surface area (Å²) < 4.78 is 10.7. The number of morpholine rings is 1. The Kier molecular flexibility index (Phi) is 2.84. The van der Waals surface area contributed by atoms with Crippen molar-refractivity contribution >= 4 is 17.5 Å². The van der Waals surface area contributed by atoms with Crippen LogP contribution in [-0.2, 0) is 4.74 Å². The predicted octanol–water partition coefficient (Wildman–Crippen LogP) is 2.33. The van der Waals surface area contributed by atoms with Gasteiger partial charge in [-0.1, -0.05) is 0 Å². The molecule has 3 rings (SSSR count). The second-order valence-electron chi connectivity index (χ2n) is 4.51. The van der Waals surface area contributed by atoms with Gasteiger partial charge >= 0.3 is 0 Å². The van der Waals surface area contributed by atoms with Crippen LogP contribution in [0.25, 0.3) is 0 Å². The molecule has 2 fully saturated rings. The van der Waals surface area contributed by atoms with Crippen LogP contribution in [0.15, 0.2) is 16.7 Å². The lowest BCUT2D eigenvalue weighted by Gasteiger charge is -2.37. The fourth-order valence-electron chi connectivity index (χ4n) is 2.78. The maximum absolute atomic E-state index is 12.4. The van der Waals surface area contributed by atoms with Gasteiger partial charge in [0, 0.05) is 6.54 Å². The number of hydrogen-bond acceptors (Lipinski definition) is 3. The van der Waals surface area contributed by atoms with Crippen molar-refractivity contribution in [2.45, 2.75) is 31.4 Å². The van der Waals surface area contributed by atoms with Gasteiger partial charge in [0.25, 0.3) is 5.91 Å². The first kappa shape index (κ1) is 11.1. The zero-order valence-electron chi connectivity index (χ0n) is 9.39. The summed E-state index contributed by atoms with van der Waals surface area (Å²) in [5.41, 5.74) is 0.458. The Morgan fingerprint density at radius 3 is 3.12 bits per heavy atom. The molecule has 1 aromatic heterocycles. The maximum Gasteiger partial charge on any atom is 0.259 e. The summed E-state index contributed by atoms with van der Waals surface area (Å²) in [4.78, 5) is 14.2. The lowest BCUT2D eigenvalue weighted by atomic mass is 10.1. The van der Waals surface area contributed by atoms with Crippen molar-refractivity contribution < 1.29 is 13.9 Å². The predicted molar refractivity (Wildman–Crippen MR) is 62.1 cm³/mol. The number of hydrogen-bond donors (Lipinski definition) is 0. The van der Waals surface area contributed by atoms with E-state index in [1.165, 1.54) is 6.26 Å². The Balaban J connectivity index is 1.83. The van der Waals surface area contributed by atoms with E-state index in [-0.39, 0.29) is 23.3 Å². The standard InChI is InChI=1S/C12H14ClNO3/c13-11-8(4-6-17-11)12(15)14-5-7-16-10-3-1-2-9(10)14/h4,6,9-10H,1-3,5,7H2. The number of ether oxygens (including phenoxy) is 1. The summed E-state index contributed by atoms with van der Waals surface area (Å²) in [6.07, 6.45) is 4.85. The molecule has 2 atom stereocenters. The number of rotatable bonds is 1. The Bertz CT molecular complexity index is 431. The lowest BCUT2D eigenvalue weighted by molar-refractivity contribution is -0.0445. The van der Waals surface area contributed by atoms with Crippen LogP contribution in [0.1, 0.15) is 29.6 Å². The molecule has 1 aromatic rings. The van der Waals surface area contributed by atoms with E-state index in [9.17, 15) is 4.79 Å². The molecule has 4 nitrogen and oxygen atoms in total. The van der Waals surface area contributed by atoms with Gasteiger partial charge in [-0.2, -0.15) is 0 Å². The zero-order valence-corrected chi connectivity index (χ0v) is 10.2. The number of nitrogens with zero attached hydrogens (tertiary/aromatic N) is 1. The topological polar surface area (TPSA) is 42.7 Å². The molecule has 0 radical (unpaired) electrons. The third-order valence-electron chi connectivity index (χ3n) is 3.59. The Hall–Kier alpha value is -1.00. The molecule has 5 heteroatoms. The van der Waals surface area contributed by atoms with Gasteiger partial charge in [-0.05, 0) is 36.9 Å². The molecule has 2 heterocycles. The van der Waals surface area contributed by atoms with Gasteiger partial charge in [-0.3, -0.25) is 4.79 Å². The van der Waals surface area contributed by atoms with Crippen molar-refractivity contribution in [3.05, 3.63) is 23.1 Å². The normalized spacial score (nSPS) is 28.2. The smallest absolute Gasteiger partial charge is 0.259 e. The molecule has 0 spiro atoms. The fourth-order valence-corrected chi connectivity index (χ4v) is 2.97. The molecule has 1 saturated heterocycles. The largest absolute Gasteiger partial charge is 0.452 e. The van der Waals surface area contributed by atoms with Crippen LogP contribution in [0.4, 0.5) is 0 Å². The summed E-state index contributed by atoms with van der Waals surface area (Å²) in [5.74, 6) is -0.0380. The van der Waals surface area contributed by atoms with E-state index in [1.54, 1.807) is 6.07 Å². The molecule has 0 aromatic carbocycles. The summed E-state index contributed by atoms with van der Waals surface area (Å²) in [5, 5.41) is 0.177. The van der Waals surface area contributed by atoms with Crippen LogP contribution in [0.2, 0.25) is 5.22 Å². The zero-order chi connectivity index (χ0) is 11.8. The monoisotopic (exact) mass is 255 g/mol. The van der Waals surface area contributed by atoms with Gasteiger partial charge in [0.2, 0.25) is 5.22 Å². The number of furan rings is 1. The average Bonchev–Trinajstić information content (AvgIpc) is 2.95. The minimum Gasteiger partial charge on any atom is -0.452 e. The number of halogens is 1. The summed E-state index contributed by atoms with van der Waals surface area (Å²) in [6, 6.07) is 1.84. The van der Waals surface area contributed by atoms with E-state index in [4.69, 9.17) is 20.8 Å². The molecular weight excluding hydrogens is 242 g/mol. The first-order chi connectivity index (χ1) is 8.27. The van der Waals surface area contributed by atoms with Gasteiger partial charge in [-0.25, -0.2) is 0 Å². The first-order valence-corrected chi connectivity index (χ1v) is 6.31. The fraction of sp³-hybridized carbons (Fsp3) is 0.583. The number of carbonyl (C=O) groups is 1. The molecule has 0 N–H and O–H groups in total. The molecule has 1 aliphatic heterocycles. The Morgan fingerprint density at radius 1 is 1.47 bits per heavy atom. The number of amides is 1.